The first kappa shape index (κ1) is 18.4. The summed E-state index contributed by atoms with van der Waals surface area (Å²) in [6.07, 6.45) is 1.80. The topological polar surface area (TPSA) is 43.4 Å². The van der Waals surface area contributed by atoms with Crippen LogP contribution in [0.15, 0.2) is 71.3 Å². The van der Waals surface area contributed by atoms with Crippen LogP contribution in [-0.4, -0.2) is 12.1 Å². The maximum absolute atomic E-state index is 6.12. The quantitative estimate of drug-likeness (QED) is 0.580. The molecule has 1 aromatic heterocycles. The summed E-state index contributed by atoms with van der Waals surface area (Å²) >= 11 is 3.63. The normalized spacial score (nSPS) is 10.5. The molecule has 3 aromatic rings. The standard InChI is InChI=1S/C21H21BrN2O2/c1-25-20-11-10-19(22)18(14-23-13-17-9-5-6-12-24-17)21(20)26-15-16-7-3-2-4-8-16/h2-12,23H,13-15H2,1H3. The van der Waals surface area contributed by atoms with Crippen molar-refractivity contribution in [2.75, 3.05) is 7.11 Å². The fraction of sp³-hybridized carbons (Fsp3) is 0.190. The molecule has 0 radical (unpaired) electrons. The van der Waals surface area contributed by atoms with Gasteiger partial charge in [0.25, 0.3) is 0 Å². The average molecular weight is 413 g/mol. The lowest BCUT2D eigenvalue weighted by Gasteiger charge is -2.17. The summed E-state index contributed by atoms with van der Waals surface area (Å²) in [4.78, 5) is 4.33. The Hall–Kier alpha value is -2.37. The molecule has 1 heterocycles. The molecule has 5 heteroatoms. The number of benzene rings is 2. The molecule has 0 spiro atoms. The Kier molecular flexibility index (Phi) is 6.63. The summed E-state index contributed by atoms with van der Waals surface area (Å²) in [6, 6.07) is 19.9. The van der Waals surface area contributed by atoms with E-state index in [1.54, 1.807) is 13.3 Å². The van der Waals surface area contributed by atoms with E-state index in [2.05, 4.69) is 26.2 Å². The van der Waals surface area contributed by atoms with Gasteiger partial charge in [0, 0.05) is 29.3 Å². The Labute approximate surface area is 162 Å². The number of halogens is 1. The summed E-state index contributed by atoms with van der Waals surface area (Å²) in [5.41, 5.74) is 3.14. The Bertz CT molecular complexity index is 826. The van der Waals surface area contributed by atoms with Crippen molar-refractivity contribution in [2.45, 2.75) is 19.7 Å². The van der Waals surface area contributed by atoms with Crippen molar-refractivity contribution >= 4 is 15.9 Å². The van der Waals surface area contributed by atoms with Gasteiger partial charge in [-0.3, -0.25) is 4.98 Å². The largest absolute Gasteiger partial charge is 0.493 e. The highest BCUT2D eigenvalue weighted by atomic mass is 79.9. The van der Waals surface area contributed by atoms with Crippen molar-refractivity contribution in [2.24, 2.45) is 0 Å². The molecule has 3 rings (SSSR count). The number of rotatable bonds is 8. The zero-order valence-corrected chi connectivity index (χ0v) is 16.2. The first-order valence-corrected chi connectivity index (χ1v) is 9.20. The molecule has 0 aliphatic heterocycles. The highest BCUT2D eigenvalue weighted by molar-refractivity contribution is 9.10. The van der Waals surface area contributed by atoms with Gasteiger partial charge in [0.05, 0.1) is 12.8 Å². The van der Waals surface area contributed by atoms with Crippen molar-refractivity contribution < 1.29 is 9.47 Å². The highest BCUT2D eigenvalue weighted by Gasteiger charge is 2.14. The molecule has 0 aliphatic rings. The molecule has 0 unspecified atom stereocenters. The second-order valence-corrected chi connectivity index (χ2v) is 6.61. The molecule has 134 valence electrons. The third-order valence-electron chi connectivity index (χ3n) is 3.95. The Morgan fingerprint density at radius 3 is 2.50 bits per heavy atom. The van der Waals surface area contributed by atoms with Crippen molar-refractivity contribution in [3.8, 4) is 11.5 Å². The van der Waals surface area contributed by atoms with Gasteiger partial charge in [-0.15, -0.1) is 0 Å². The van der Waals surface area contributed by atoms with E-state index < -0.39 is 0 Å². The number of aromatic nitrogens is 1. The van der Waals surface area contributed by atoms with Crippen LogP contribution in [-0.2, 0) is 19.7 Å². The minimum Gasteiger partial charge on any atom is -0.493 e. The van der Waals surface area contributed by atoms with Gasteiger partial charge in [0.1, 0.15) is 6.61 Å². The van der Waals surface area contributed by atoms with Gasteiger partial charge in [0.2, 0.25) is 0 Å². The first-order chi connectivity index (χ1) is 12.8. The fourth-order valence-corrected chi connectivity index (χ4v) is 3.07. The number of methoxy groups -OCH3 is 1. The molecule has 26 heavy (non-hydrogen) atoms. The zero-order valence-electron chi connectivity index (χ0n) is 14.6. The minimum atomic E-state index is 0.487. The van der Waals surface area contributed by atoms with E-state index in [1.807, 2.05) is 60.7 Å². The lowest BCUT2D eigenvalue weighted by Crippen LogP contribution is -2.15. The smallest absolute Gasteiger partial charge is 0.167 e. The molecule has 0 atom stereocenters. The maximum Gasteiger partial charge on any atom is 0.167 e. The van der Waals surface area contributed by atoms with Gasteiger partial charge in [-0.2, -0.15) is 0 Å². The summed E-state index contributed by atoms with van der Waals surface area (Å²) in [5.74, 6) is 1.47. The molecule has 0 saturated heterocycles. The summed E-state index contributed by atoms with van der Waals surface area (Å²) in [5, 5.41) is 3.42. The fourth-order valence-electron chi connectivity index (χ4n) is 2.61. The molecule has 4 nitrogen and oxygen atoms in total. The first-order valence-electron chi connectivity index (χ1n) is 8.40. The Morgan fingerprint density at radius 1 is 0.962 bits per heavy atom. The van der Waals surface area contributed by atoms with E-state index in [1.165, 1.54) is 0 Å². The molecular weight excluding hydrogens is 392 g/mol. The SMILES string of the molecule is COc1ccc(Br)c(CNCc2ccccn2)c1OCc1ccccc1. The van der Waals surface area contributed by atoms with Crippen molar-refractivity contribution in [3.63, 3.8) is 0 Å². The molecule has 0 aliphatic carbocycles. The molecule has 0 amide bonds. The number of ether oxygens (including phenoxy) is 2. The predicted molar refractivity (Wildman–Crippen MR) is 106 cm³/mol. The third-order valence-corrected chi connectivity index (χ3v) is 4.69. The summed E-state index contributed by atoms with van der Waals surface area (Å²) < 4.78 is 12.6. The number of hydrogen-bond donors (Lipinski definition) is 1. The second-order valence-electron chi connectivity index (χ2n) is 5.76. The third kappa shape index (κ3) is 4.84. The van der Waals surface area contributed by atoms with Gasteiger partial charge < -0.3 is 14.8 Å². The summed E-state index contributed by atoms with van der Waals surface area (Å²) in [7, 11) is 1.66. The number of hydrogen-bond acceptors (Lipinski definition) is 4. The van der Waals surface area contributed by atoms with Crippen LogP contribution in [0.2, 0.25) is 0 Å². The lowest BCUT2D eigenvalue weighted by atomic mass is 10.1. The highest BCUT2D eigenvalue weighted by Crippen LogP contribution is 2.36. The molecule has 0 fully saturated rings. The van der Waals surface area contributed by atoms with E-state index in [4.69, 9.17) is 9.47 Å². The van der Waals surface area contributed by atoms with Crippen LogP contribution in [0.3, 0.4) is 0 Å². The van der Waals surface area contributed by atoms with E-state index >= 15 is 0 Å². The van der Waals surface area contributed by atoms with E-state index in [-0.39, 0.29) is 0 Å². The summed E-state index contributed by atoms with van der Waals surface area (Å²) in [6.45, 7) is 1.81. The van der Waals surface area contributed by atoms with Crippen LogP contribution in [0.4, 0.5) is 0 Å². The van der Waals surface area contributed by atoms with E-state index in [0.717, 1.165) is 32.8 Å². The maximum atomic E-state index is 6.12. The van der Waals surface area contributed by atoms with Crippen molar-refractivity contribution in [1.29, 1.82) is 0 Å². The van der Waals surface area contributed by atoms with Crippen LogP contribution < -0.4 is 14.8 Å². The predicted octanol–water partition coefficient (Wildman–Crippen LogP) is 4.72. The van der Waals surface area contributed by atoms with Gasteiger partial charge in [-0.05, 0) is 29.8 Å². The van der Waals surface area contributed by atoms with Gasteiger partial charge in [-0.1, -0.05) is 52.3 Å². The molecule has 0 bridgehead atoms. The van der Waals surface area contributed by atoms with Crippen LogP contribution >= 0.6 is 15.9 Å². The average Bonchev–Trinajstić information content (AvgIpc) is 2.69. The minimum absolute atomic E-state index is 0.487. The number of nitrogens with zero attached hydrogens (tertiary/aromatic N) is 1. The lowest BCUT2D eigenvalue weighted by molar-refractivity contribution is 0.280. The molecular formula is C21H21BrN2O2. The van der Waals surface area contributed by atoms with E-state index in [0.29, 0.717) is 19.7 Å². The Balaban J connectivity index is 1.74. The molecule has 2 aromatic carbocycles. The van der Waals surface area contributed by atoms with E-state index in [9.17, 15) is 0 Å². The van der Waals surface area contributed by atoms with Crippen LogP contribution in [0.5, 0.6) is 11.5 Å². The van der Waals surface area contributed by atoms with Crippen LogP contribution in [0, 0.1) is 0 Å². The van der Waals surface area contributed by atoms with Gasteiger partial charge in [-0.25, -0.2) is 0 Å². The monoisotopic (exact) mass is 412 g/mol. The Morgan fingerprint density at radius 2 is 1.77 bits per heavy atom. The molecule has 1 N–H and O–H groups in total. The second kappa shape index (κ2) is 9.36. The van der Waals surface area contributed by atoms with Crippen molar-refractivity contribution in [3.05, 3.63) is 88.2 Å². The van der Waals surface area contributed by atoms with Crippen LogP contribution in [0.25, 0.3) is 0 Å². The van der Waals surface area contributed by atoms with Crippen molar-refractivity contribution in [1.82, 2.24) is 10.3 Å². The van der Waals surface area contributed by atoms with Gasteiger partial charge in [0.15, 0.2) is 11.5 Å². The molecule has 0 saturated carbocycles. The van der Waals surface area contributed by atoms with Gasteiger partial charge >= 0.3 is 0 Å². The van der Waals surface area contributed by atoms with Crippen LogP contribution in [0.1, 0.15) is 16.8 Å². The number of pyridine rings is 1. The number of nitrogens with one attached hydrogen (secondary N) is 1. The zero-order chi connectivity index (χ0) is 18.2.